The number of rotatable bonds is 3. The molecule has 1 N–H and O–H groups in total. The number of amides is 1. The number of furan rings is 1. The fraction of sp³-hybridized carbons (Fsp3) is 0.364. The number of ether oxygens (including phenoxy) is 2. The fourth-order valence-corrected chi connectivity index (χ4v) is 4.31. The molecule has 0 bridgehead atoms. The van der Waals surface area contributed by atoms with Gasteiger partial charge in [0.1, 0.15) is 17.1 Å². The number of carbonyl (C=O) groups excluding carboxylic acids is 1. The van der Waals surface area contributed by atoms with Gasteiger partial charge in [-0.1, -0.05) is 0 Å². The van der Waals surface area contributed by atoms with Crippen molar-refractivity contribution in [2.45, 2.75) is 24.9 Å². The fourth-order valence-electron chi connectivity index (χ4n) is 4.31. The topological polar surface area (TPSA) is 80.6 Å². The first-order valence-electron chi connectivity index (χ1n) is 9.89. The number of benzene rings is 1. The Balaban J connectivity index is 1.29. The van der Waals surface area contributed by atoms with Crippen molar-refractivity contribution >= 4 is 5.91 Å². The molecule has 5 rings (SSSR count). The molecule has 3 aromatic rings. The van der Waals surface area contributed by atoms with E-state index in [0.29, 0.717) is 31.2 Å². The van der Waals surface area contributed by atoms with Gasteiger partial charge in [0, 0.05) is 18.7 Å². The summed E-state index contributed by atoms with van der Waals surface area (Å²) in [4.78, 5) is 14.8. The van der Waals surface area contributed by atoms with Crippen LogP contribution in [0.4, 0.5) is 0 Å². The van der Waals surface area contributed by atoms with Crippen LogP contribution in [0, 0.1) is 0 Å². The lowest BCUT2D eigenvalue weighted by Gasteiger charge is -2.43. The maximum absolute atomic E-state index is 13.0. The Bertz CT molecular complexity index is 1010. The number of hydrogen-bond acceptors (Lipinski definition) is 5. The van der Waals surface area contributed by atoms with E-state index in [4.69, 9.17) is 13.9 Å². The molecule has 2 aliphatic rings. The smallest absolute Gasteiger partial charge is 0.289 e. The Morgan fingerprint density at radius 1 is 1.17 bits per heavy atom. The van der Waals surface area contributed by atoms with Gasteiger partial charge < -0.3 is 18.8 Å². The van der Waals surface area contributed by atoms with Gasteiger partial charge in [0.05, 0.1) is 25.6 Å². The summed E-state index contributed by atoms with van der Waals surface area (Å²) in [6, 6.07) is 11.2. The van der Waals surface area contributed by atoms with Crippen molar-refractivity contribution in [3.05, 3.63) is 59.6 Å². The van der Waals surface area contributed by atoms with Crippen molar-refractivity contribution < 1.29 is 18.7 Å². The molecule has 0 atom stereocenters. The monoisotopic (exact) mass is 393 g/mol. The molecule has 0 unspecified atom stereocenters. The molecule has 1 aromatic carbocycles. The summed E-state index contributed by atoms with van der Waals surface area (Å²) in [6.45, 7) is 1.94. The highest BCUT2D eigenvalue weighted by atomic mass is 16.5. The van der Waals surface area contributed by atoms with Crippen LogP contribution in [0.15, 0.2) is 47.0 Å². The maximum atomic E-state index is 13.0. The van der Waals surface area contributed by atoms with Crippen LogP contribution >= 0.6 is 0 Å². The lowest BCUT2D eigenvalue weighted by Crippen LogP contribution is -2.48. The summed E-state index contributed by atoms with van der Waals surface area (Å²) in [5.74, 6) is 1.73. The van der Waals surface area contributed by atoms with Crippen molar-refractivity contribution in [3.8, 4) is 17.1 Å². The zero-order valence-corrected chi connectivity index (χ0v) is 16.3. The first-order chi connectivity index (χ1) is 14.2. The van der Waals surface area contributed by atoms with Gasteiger partial charge in [-0.15, -0.1) is 0 Å². The highest BCUT2D eigenvalue weighted by Gasteiger charge is 2.43. The average molecular weight is 393 g/mol. The number of nitrogens with one attached hydrogen (secondary N) is 1. The number of aromatic amines is 1. The summed E-state index contributed by atoms with van der Waals surface area (Å²) < 4.78 is 17.2. The molecule has 1 saturated heterocycles. The number of nitrogens with zero attached hydrogens (tertiary/aromatic N) is 2. The second kappa shape index (κ2) is 7.08. The SMILES string of the molecule is COc1ccc(-c2ccc(C(=O)N3CCC4(CC3)OCCc3cn[nH]c34)o2)cc1. The van der Waals surface area contributed by atoms with E-state index in [2.05, 4.69) is 10.2 Å². The largest absolute Gasteiger partial charge is 0.497 e. The third kappa shape index (κ3) is 3.11. The highest BCUT2D eigenvalue weighted by molar-refractivity contribution is 5.92. The number of fused-ring (bicyclic) bond motifs is 2. The third-order valence-electron chi connectivity index (χ3n) is 5.97. The minimum absolute atomic E-state index is 0.0831. The van der Waals surface area contributed by atoms with Crippen LogP contribution in [-0.2, 0) is 16.8 Å². The van der Waals surface area contributed by atoms with Crippen molar-refractivity contribution in [2.24, 2.45) is 0 Å². The number of hydrogen-bond donors (Lipinski definition) is 1. The van der Waals surface area contributed by atoms with Crippen LogP contribution < -0.4 is 4.74 Å². The van der Waals surface area contributed by atoms with Crippen LogP contribution in [0.3, 0.4) is 0 Å². The standard InChI is InChI=1S/C22H23N3O4/c1-27-17-4-2-15(3-5-17)18-6-7-19(29-18)21(26)25-11-9-22(10-12-25)20-16(8-13-28-22)14-23-24-20/h2-7,14H,8-13H2,1H3,(H,23,24). The summed E-state index contributed by atoms with van der Waals surface area (Å²) in [5, 5.41) is 7.31. The quantitative estimate of drug-likeness (QED) is 0.738. The molecular formula is C22H23N3O4. The highest BCUT2D eigenvalue weighted by Crippen LogP contribution is 2.40. The van der Waals surface area contributed by atoms with E-state index in [1.54, 1.807) is 13.2 Å². The van der Waals surface area contributed by atoms with E-state index >= 15 is 0 Å². The summed E-state index contributed by atoms with van der Waals surface area (Å²) >= 11 is 0. The van der Waals surface area contributed by atoms with Gasteiger partial charge in [0.2, 0.25) is 0 Å². The van der Waals surface area contributed by atoms with Crippen LogP contribution in [0.25, 0.3) is 11.3 Å². The van der Waals surface area contributed by atoms with E-state index < -0.39 is 0 Å². The molecule has 2 aliphatic heterocycles. The molecule has 1 amide bonds. The van der Waals surface area contributed by atoms with Crippen molar-refractivity contribution in [1.82, 2.24) is 15.1 Å². The Morgan fingerprint density at radius 2 is 1.97 bits per heavy atom. The van der Waals surface area contributed by atoms with E-state index in [0.717, 1.165) is 36.3 Å². The minimum atomic E-state index is -0.349. The Hall–Kier alpha value is -3.06. The van der Waals surface area contributed by atoms with Gasteiger partial charge in [-0.05, 0) is 61.2 Å². The van der Waals surface area contributed by atoms with Gasteiger partial charge in [-0.25, -0.2) is 0 Å². The van der Waals surface area contributed by atoms with Crippen LogP contribution in [0.5, 0.6) is 5.75 Å². The zero-order valence-electron chi connectivity index (χ0n) is 16.3. The lowest BCUT2D eigenvalue weighted by atomic mass is 9.83. The molecule has 1 fully saturated rings. The van der Waals surface area contributed by atoms with Gasteiger partial charge in [0.15, 0.2) is 5.76 Å². The van der Waals surface area contributed by atoms with Crippen LogP contribution in [0.2, 0.25) is 0 Å². The van der Waals surface area contributed by atoms with Crippen LogP contribution in [0.1, 0.15) is 34.7 Å². The predicted octanol–water partition coefficient (Wildman–Crippen LogP) is 3.38. The van der Waals surface area contributed by atoms with Crippen molar-refractivity contribution in [3.63, 3.8) is 0 Å². The molecule has 7 heteroatoms. The van der Waals surface area contributed by atoms with Gasteiger partial charge in [-0.3, -0.25) is 9.89 Å². The lowest BCUT2D eigenvalue weighted by molar-refractivity contribution is -0.0964. The summed E-state index contributed by atoms with van der Waals surface area (Å²) in [7, 11) is 1.63. The molecule has 29 heavy (non-hydrogen) atoms. The number of aromatic nitrogens is 2. The molecule has 0 aliphatic carbocycles. The van der Waals surface area contributed by atoms with E-state index in [1.807, 2.05) is 41.4 Å². The normalized spacial score (nSPS) is 17.9. The average Bonchev–Trinajstić information content (AvgIpc) is 3.45. The molecule has 2 aromatic heterocycles. The van der Waals surface area contributed by atoms with E-state index in [9.17, 15) is 4.79 Å². The number of likely N-dealkylation sites (tertiary alicyclic amines) is 1. The summed E-state index contributed by atoms with van der Waals surface area (Å²) in [6.07, 6.45) is 4.28. The second-order valence-corrected chi connectivity index (χ2v) is 7.55. The molecular weight excluding hydrogens is 370 g/mol. The van der Waals surface area contributed by atoms with Gasteiger partial charge >= 0.3 is 0 Å². The van der Waals surface area contributed by atoms with E-state index in [-0.39, 0.29) is 11.5 Å². The van der Waals surface area contributed by atoms with Crippen molar-refractivity contribution in [1.29, 1.82) is 0 Å². The minimum Gasteiger partial charge on any atom is -0.497 e. The number of H-pyrrole nitrogens is 1. The number of carbonyl (C=O) groups is 1. The zero-order chi connectivity index (χ0) is 19.8. The molecule has 150 valence electrons. The van der Waals surface area contributed by atoms with Crippen molar-refractivity contribution in [2.75, 3.05) is 26.8 Å². The van der Waals surface area contributed by atoms with Gasteiger partial charge in [-0.2, -0.15) is 5.10 Å². The molecule has 0 saturated carbocycles. The number of piperidine rings is 1. The Labute approximate surface area is 168 Å². The Morgan fingerprint density at radius 3 is 2.72 bits per heavy atom. The molecule has 4 heterocycles. The second-order valence-electron chi connectivity index (χ2n) is 7.55. The van der Waals surface area contributed by atoms with E-state index in [1.165, 1.54) is 5.56 Å². The molecule has 1 spiro atoms. The Kier molecular flexibility index (Phi) is 4.39. The molecule has 0 radical (unpaired) electrons. The molecule has 7 nitrogen and oxygen atoms in total. The summed E-state index contributed by atoms with van der Waals surface area (Å²) in [5.41, 5.74) is 2.87. The van der Waals surface area contributed by atoms with Crippen LogP contribution in [-0.4, -0.2) is 47.8 Å². The number of methoxy groups -OCH3 is 1. The first-order valence-corrected chi connectivity index (χ1v) is 9.89. The predicted molar refractivity (Wildman–Crippen MR) is 106 cm³/mol. The van der Waals surface area contributed by atoms with Gasteiger partial charge in [0.25, 0.3) is 5.91 Å². The maximum Gasteiger partial charge on any atom is 0.289 e. The first kappa shape index (κ1) is 18.0. The third-order valence-corrected chi connectivity index (χ3v) is 5.97.